The molecule has 3 aromatic rings. The van der Waals surface area contributed by atoms with Crippen molar-refractivity contribution in [3.63, 3.8) is 0 Å². The number of hydrogen-bond acceptors (Lipinski definition) is 6. The van der Waals surface area contributed by atoms with E-state index in [4.69, 9.17) is 0 Å². The number of pyridine rings is 1. The van der Waals surface area contributed by atoms with Gasteiger partial charge in [-0.3, -0.25) is 24.2 Å². The van der Waals surface area contributed by atoms with E-state index in [-0.39, 0.29) is 35.0 Å². The van der Waals surface area contributed by atoms with Crippen molar-refractivity contribution < 1.29 is 4.79 Å². The molecule has 0 atom stereocenters. The molecule has 3 heterocycles. The summed E-state index contributed by atoms with van der Waals surface area (Å²) in [4.78, 5) is 48.6. The predicted molar refractivity (Wildman–Crippen MR) is 103 cm³/mol. The van der Waals surface area contributed by atoms with Crippen LogP contribution in [0.2, 0.25) is 0 Å². The topological polar surface area (TPSA) is 138 Å². The average Bonchev–Trinajstić information content (AvgIpc) is 3.15. The van der Waals surface area contributed by atoms with Crippen LogP contribution < -0.4 is 16.6 Å². The Bertz CT molecular complexity index is 1110. The number of hydrogen-bond donors (Lipinski definition) is 3. The van der Waals surface area contributed by atoms with Crippen LogP contribution >= 0.6 is 0 Å². The molecule has 3 N–H and O–H groups in total. The van der Waals surface area contributed by atoms with Gasteiger partial charge in [0, 0.05) is 12.2 Å². The third-order valence-corrected chi connectivity index (χ3v) is 4.23. The third kappa shape index (κ3) is 3.85. The highest BCUT2D eigenvalue weighted by Crippen LogP contribution is 2.20. The fourth-order valence-electron chi connectivity index (χ4n) is 2.88. The van der Waals surface area contributed by atoms with Crippen LogP contribution in [-0.4, -0.2) is 35.6 Å². The smallest absolute Gasteiger partial charge is 0.330 e. The number of aromatic nitrogens is 6. The van der Waals surface area contributed by atoms with Gasteiger partial charge in [0.05, 0.1) is 17.5 Å². The van der Waals surface area contributed by atoms with E-state index in [0.29, 0.717) is 18.1 Å². The molecule has 10 nitrogen and oxygen atoms in total. The molecule has 1 amide bonds. The van der Waals surface area contributed by atoms with E-state index >= 15 is 0 Å². The highest BCUT2D eigenvalue weighted by Gasteiger charge is 2.21. The lowest BCUT2D eigenvalue weighted by atomic mass is 10.0. The Labute approximate surface area is 160 Å². The first-order valence-electron chi connectivity index (χ1n) is 9.08. The maximum absolute atomic E-state index is 12.9. The molecule has 0 radical (unpaired) electrons. The molecular formula is C18H23N7O3. The van der Waals surface area contributed by atoms with E-state index in [1.807, 2.05) is 27.7 Å². The van der Waals surface area contributed by atoms with Gasteiger partial charge in [-0.15, -0.1) is 0 Å². The van der Waals surface area contributed by atoms with Gasteiger partial charge in [0.2, 0.25) is 0 Å². The minimum absolute atomic E-state index is 0.00659. The van der Waals surface area contributed by atoms with Gasteiger partial charge in [-0.05, 0) is 17.9 Å². The van der Waals surface area contributed by atoms with Crippen molar-refractivity contribution in [1.29, 1.82) is 0 Å². The van der Waals surface area contributed by atoms with Gasteiger partial charge in [0.1, 0.15) is 12.2 Å². The minimum Gasteiger partial charge on any atom is -0.345 e. The summed E-state index contributed by atoms with van der Waals surface area (Å²) in [5.41, 5.74) is -0.148. The number of carbonyl (C=O) groups excluding carboxylic acids is 1. The van der Waals surface area contributed by atoms with E-state index in [9.17, 15) is 14.4 Å². The Morgan fingerprint density at radius 1 is 1.25 bits per heavy atom. The Morgan fingerprint density at radius 2 is 2.00 bits per heavy atom. The van der Waals surface area contributed by atoms with Crippen molar-refractivity contribution in [2.45, 2.75) is 46.7 Å². The predicted octanol–water partition coefficient (Wildman–Crippen LogP) is 0.912. The van der Waals surface area contributed by atoms with Crippen LogP contribution in [0.4, 0.5) is 0 Å². The van der Waals surface area contributed by atoms with Crippen molar-refractivity contribution in [1.82, 2.24) is 35.0 Å². The van der Waals surface area contributed by atoms with Gasteiger partial charge in [-0.2, -0.15) is 5.10 Å². The quantitative estimate of drug-likeness (QED) is 0.576. The standard InChI is InChI=1S/C18H23N7O3/c1-9(2)7-25-15-14(17(27)23-18(25)28)11(5-12(22-15)10(3)4)16(26)19-6-13-20-8-21-24-13/h5,8-10H,6-7H2,1-4H3,(H,19,26)(H,20,21,24)(H,23,27,28). The summed E-state index contributed by atoms with van der Waals surface area (Å²) in [5.74, 6) is 0.194. The molecule has 10 heteroatoms. The van der Waals surface area contributed by atoms with E-state index in [1.165, 1.54) is 10.9 Å². The van der Waals surface area contributed by atoms with Crippen LogP contribution in [0.25, 0.3) is 11.0 Å². The van der Waals surface area contributed by atoms with Crippen LogP contribution in [0.5, 0.6) is 0 Å². The van der Waals surface area contributed by atoms with Crippen LogP contribution in [-0.2, 0) is 13.1 Å². The molecule has 0 bridgehead atoms. The highest BCUT2D eigenvalue weighted by molar-refractivity contribution is 6.05. The monoisotopic (exact) mass is 385 g/mol. The van der Waals surface area contributed by atoms with Crippen molar-refractivity contribution in [2.75, 3.05) is 0 Å². The normalized spacial score (nSPS) is 11.5. The molecule has 0 aliphatic carbocycles. The van der Waals surface area contributed by atoms with Gasteiger partial charge in [0.25, 0.3) is 11.5 Å². The van der Waals surface area contributed by atoms with Gasteiger partial charge in [-0.1, -0.05) is 27.7 Å². The largest absolute Gasteiger partial charge is 0.345 e. The Balaban J connectivity index is 2.18. The van der Waals surface area contributed by atoms with Gasteiger partial charge < -0.3 is 5.32 Å². The number of aromatic amines is 2. The maximum atomic E-state index is 12.9. The molecule has 0 aromatic carbocycles. The SMILES string of the molecule is CC(C)Cn1c(=O)[nH]c(=O)c2c(C(=O)NCc3ncn[nH]3)cc(C(C)C)nc21. The van der Waals surface area contributed by atoms with Crippen molar-refractivity contribution in [3.8, 4) is 0 Å². The summed E-state index contributed by atoms with van der Waals surface area (Å²) in [7, 11) is 0. The first-order valence-corrected chi connectivity index (χ1v) is 9.08. The van der Waals surface area contributed by atoms with Crippen molar-refractivity contribution in [2.24, 2.45) is 5.92 Å². The average molecular weight is 385 g/mol. The molecule has 148 valence electrons. The molecule has 0 spiro atoms. The number of carbonyl (C=O) groups is 1. The number of nitrogens with zero attached hydrogens (tertiary/aromatic N) is 4. The summed E-state index contributed by atoms with van der Waals surface area (Å²) in [6.07, 6.45) is 1.34. The summed E-state index contributed by atoms with van der Waals surface area (Å²) in [5, 5.41) is 9.21. The number of nitrogens with one attached hydrogen (secondary N) is 3. The number of H-pyrrole nitrogens is 2. The zero-order chi connectivity index (χ0) is 20.4. The first-order chi connectivity index (χ1) is 13.3. The van der Waals surface area contributed by atoms with Crippen LogP contribution in [0.3, 0.4) is 0 Å². The molecule has 3 rings (SSSR count). The van der Waals surface area contributed by atoms with Gasteiger partial charge in [0.15, 0.2) is 5.65 Å². The number of rotatable bonds is 6. The zero-order valence-electron chi connectivity index (χ0n) is 16.2. The summed E-state index contributed by atoms with van der Waals surface area (Å²) in [6, 6.07) is 1.60. The lowest BCUT2D eigenvalue weighted by Crippen LogP contribution is -2.34. The second-order valence-corrected chi connectivity index (χ2v) is 7.33. The fourth-order valence-corrected chi connectivity index (χ4v) is 2.88. The van der Waals surface area contributed by atoms with E-state index < -0.39 is 17.2 Å². The third-order valence-electron chi connectivity index (χ3n) is 4.23. The Morgan fingerprint density at radius 3 is 2.61 bits per heavy atom. The van der Waals surface area contributed by atoms with E-state index in [0.717, 1.165) is 0 Å². The van der Waals surface area contributed by atoms with E-state index in [1.54, 1.807) is 6.07 Å². The lowest BCUT2D eigenvalue weighted by molar-refractivity contribution is 0.0951. The molecule has 0 aliphatic heterocycles. The van der Waals surface area contributed by atoms with E-state index in [2.05, 4.69) is 30.5 Å². The number of fused-ring (bicyclic) bond motifs is 1. The molecule has 0 unspecified atom stereocenters. The summed E-state index contributed by atoms with van der Waals surface area (Å²) >= 11 is 0. The highest BCUT2D eigenvalue weighted by atomic mass is 16.2. The molecule has 0 fully saturated rings. The number of amides is 1. The van der Waals surface area contributed by atoms with Crippen molar-refractivity contribution >= 4 is 16.9 Å². The summed E-state index contributed by atoms with van der Waals surface area (Å²) in [6.45, 7) is 8.29. The molecule has 28 heavy (non-hydrogen) atoms. The maximum Gasteiger partial charge on any atom is 0.330 e. The lowest BCUT2D eigenvalue weighted by Gasteiger charge is -2.15. The van der Waals surface area contributed by atoms with Gasteiger partial charge >= 0.3 is 5.69 Å². The second-order valence-electron chi connectivity index (χ2n) is 7.33. The summed E-state index contributed by atoms with van der Waals surface area (Å²) < 4.78 is 1.42. The Kier molecular flexibility index (Phi) is 5.39. The molecule has 3 aromatic heterocycles. The zero-order valence-corrected chi connectivity index (χ0v) is 16.2. The van der Waals surface area contributed by atoms with Crippen LogP contribution in [0.1, 0.15) is 55.5 Å². The molecule has 0 saturated carbocycles. The van der Waals surface area contributed by atoms with Crippen LogP contribution in [0.15, 0.2) is 22.0 Å². The second kappa shape index (κ2) is 7.75. The van der Waals surface area contributed by atoms with Gasteiger partial charge in [-0.25, -0.2) is 14.8 Å². The van der Waals surface area contributed by atoms with Crippen molar-refractivity contribution in [3.05, 3.63) is 50.3 Å². The molecular weight excluding hydrogens is 362 g/mol. The Hall–Kier alpha value is -3.30. The molecule has 0 saturated heterocycles. The first kappa shape index (κ1) is 19.5. The minimum atomic E-state index is -0.632. The fraction of sp³-hybridized carbons (Fsp3) is 0.444. The van der Waals surface area contributed by atoms with Crippen LogP contribution in [0, 0.1) is 5.92 Å². The molecule has 0 aliphatic rings.